The van der Waals surface area contributed by atoms with Crippen molar-refractivity contribution in [3.63, 3.8) is 0 Å². The lowest BCUT2D eigenvalue weighted by molar-refractivity contribution is -0.142. The van der Waals surface area contributed by atoms with Gasteiger partial charge >= 0.3 is 12.4 Å². The van der Waals surface area contributed by atoms with E-state index in [0.29, 0.717) is 67.7 Å². The van der Waals surface area contributed by atoms with Gasteiger partial charge in [0.25, 0.3) is 0 Å². The molecule has 58 heavy (non-hydrogen) atoms. The van der Waals surface area contributed by atoms with Gasteiger partial charge in [0.1, 0.15) is 0 Å². The molecule has 11 heteroatoms. The molecular formula is C47H23F6N5. The number of para-hydroxylation sites is 2. The average molecular weight is 772 g/mol. The quantitative estimate of drug-likeness (QED) is 0.167. The summed E-state index contributed by atoms with van der Waals surface area (Å²) >= 11 is 0. The standard InChI is InChI=1S/C47H23F6N5/c48-46(49,50)37-8-5-9-38(47(51,52)53)45(37)30-15-19-43(57-39-10-3-1-6-31(39)34-20-27(24-54)13-17-41(34)57)36(23-30)33-16-12-29(26-56)22-44(33)58-40-11-4-2-7-32(40)35-21-28(25-55)14-18-42(35)58/h1-23H. The molecule has 9 aromatic rings. The average Bonchev–Trinajstić information content (AvgIpc) is 3.74. The van der Waals surface area contributed by atoms with Crippen molar-refractivity contribution in [2.45, 2.75) is 12.4 Å². The number of nitrogens with zero attached hydrogens (tertiary/aromatic N) is 5. The van der Waals surface area contributed by atoms with Crippen LogP contribution in [0.3, 0.4) is 0 Å². The topological polar surface area (TPSA) is 81.2 Å². The smallest absolute Gasteiger partial charge is 0.309 e. The van der Waals surface area contributed by atoms with E-state index in [4.69, 9.17) is 0 Å². The first kappa shape index (κ1) is 35.9. The van der Waals surface area contributed by atoms with Crippen LogP contribution in [0.4, 0.5) is 26.3 Å². The van der Waals surface area contributed by atoms with Gasteiger partial charge in [-0.05, 0) is 90.5 Å². The number of nitriles is 3. The lowest BCUT2D eigenvalue weighted by atomic mass is 9.90. The minimum atomic E-state index is -5.13. The molecule has 0 unspecified atom stereocenters. The van der Waals surface area contributed by atoms with Crippen LogP contribution in [0.5, 0.6) is 0 Å². The summed E-state index contributed by atoms with van der Waals surface area (Å²) in [6, 6.07) is 42.5. The van der Waals surface area contributed by atoms with Crippen LogP contribution in [-0.4, -0.2) is 9.13 Å². The van der Waals surface area contributed by atoms with Crippen molar-refractivity contribution in [3.8, 4) is 51.8 Å². The zero-order valence-corrected chi connectivity index (χ0v) is 29.8. The number of rotatable bonds is 4. The van der Waals surface area contributed by atoms with Gasteiger partial charge < -0.3 is 9.13 Å². The molecule has 0 bridgehead atoms. The van der Waals surface area contributed by atoms with Gasteiger partial charge in [0.2, 0.25) is 0 Å². The van der Waals surface area contributed by atoms with Crippen LogP contribution < -0.4 is 0 Å². The largest absolute Gasteiger partial charge is 0.417 e. The number of hydrogen-bond acceptors (Lipinski definition) is 3. The normalized spacial score (nSPS) is 11.9. The summed E-state index contributed by atoms with van der Waals surface area (Å²) in [6.45, 7) is 0. The van der Waals surface area contributed by atoms with Gasteiger partial charge in [0.05, 0.1) is 79.5 Å². The second kappa shape index (κ2) is 13.2. The lowest BCUT2D eigenvalue weighted by Crippen LogP contribution is -2.14. The third-order valence-corrected chi connectivity index (χ3v) is 10.5. The second-order valence-electron chi connectivity index (χ2n) is 13.7. The van der Waals surface area contributed by atoms with Crippen LogP contribution >= 0.6 is 0 Å². The Balaban J connectivity index is 1.46. The Kier molecular flexibility index (Phi) is 8.13. The maximum Gasteiger partial charge on any atom is 0.417 e. The van der Waals surface area contributed by atoms with E-state index in [1.165, 1.54) is 18.2 Å². The van der Waals surface area contributed by atoms with E-state index in [1.807, 2.05) is 57.7 Å². The summed E-state index contributed by atoms with van der Waals surface area (Å²) < 4.78 is 91.8. The Labute approximate surface area is 325 Å². The van der Waals surface area contributed by atoms with Crippen molar-refractivity contribution < 1.29 is 26.3 Å². The van der Waals surface area contributed by atoms with Gasteiger partial charge in [-0.3, -0.25) is 0 Å². The third-order valence-electron chi connectivity index (χ3n) is 10.5. The Morgan fingerprint density at radius 2 is 0.862 bits per heavy atom. The summed E-state index contributed by atoms with van der Waals surface area (Å²) in [5.41, 5.74) is 0.929. The van der Waals surface area contributed by atoms with Gasteiger partial charge in [0.15, 0.2) is 0 Å². The summed E-state index contributed by atoms with van der Waals surface area (Å²) in [5, 5.41) is 32.7. The highest BCUT2D eigenvalue weighted by Crippen LogP contribution is 2.48. The SMILES string of the molecule is N#Cc1ccc(-c2cc(-c3c(C(F)(F)F)cccc3C(F)(F)F)ccc2-n2c3ccccc3c3cc(C#N)ccc32)c(-n2c3ccccc3c3cc(C#N)ccc32)c1. The monoisotopic (exact) mass is 771 g/mol. The molecule has 0 N–H and O–H groups in total. The van der Waals surface area contributed by atoms with E-state index in [0.717, 1.165) is 22.2 Å². The molecule has 2 aromatic heterocycles. The van der Waals surface area contributed by atoms with Crippen LogP contribution in [0.15, 0.2) is 140 Å². The molecule has 0 radical (unpaired) electrons. The van der Waals surface area contributed by atoms with E-state index in [2.05, 4.69) is 18.2 Å². The molecule has 0 saturated heterocycles. The van der Waals surface area contributed by atoms with E-state index < -0.39 is 29.0 Å². The van der Waals surface area contributed by atoms with Gasteiger partial charge in [-0.1, -0.05) is 54.6 Å². The fourth-order valence-electron chi connectivity index (χ4n) is 8.06. The molecule has 0 amide bonds. The molecular weight excluding hydrogens is 749 g/mol. The number of benzene rings is 7. The van der Waals surface area contributed by atoms with Crippen molar-refractivity contribution in [1.29, 1.82) is 15.8 Å². The zero-order chi connectivity index (χ0) is 40.5. The highest BCUT2D eigenvalue weighted by atomic mass is 19.4. The fourth-order valence-corrected chi connectivity index (χ4v) is 8.06. The minimum absolute atomic E-state index is 0.249. The predicted molar refractivity (Wildman–Crippen MR) is 210 cm³/mol. The first-order chi connectivity index (χ1) is 27.9. The number of fused-ring (bicyclic) bond motifs is 6. The summed E-state index contributed by atoms with van der Waals surface area (Å²) in [7, 11) is 0. The highest BCUT2D eigenvalue weighted by Gasteiger charge is 2.41. The molecule has 0 fully saturated rings. The van der Waals surface area contributed by atoms with E-state index >= 15 is 0 Å². The number of hydrogen-bond donors (Lipinski definition) is 0. The number of halogens is 6. The third kappa shape index (κ3) is 5.62. The summed E-state index contributed by atoms with van der Waals surface area (Å²) in [5.74, 6) is 0. The molecule has 5 nitrogen and oxygen atoms in total. The minimum Gasteiger partial charge on any atom is -0.309 e. The number of alkyl halides is 6. The van der Waals surface area contributed by atoms with Crippen molar-refractivity contribution in [1.82, 2.24) is 9.13 Å². The molecule has 0 aliphatic carbocycles. The summed E-state index contributed by atoms with van der Waals surface area (Å²) in [4.78, 5) is 0. The first-order valence-electron chi connectivity index (χ1n) is 17.7. The molecule has 0 spiro atoms. The van der Waals surface area contributed by atoms with Crippen LogP contribution in [0.25, 0.3) is 77.2 Å². The van der Waals surface area contributed by atoms with Gasteiger partial charge in [0, 0.05) is 38.2 Å². The Hall–Kier alpha value is -7.81. The molecule has 2 heterocycles. The molecule has 0 aliphatic rings. The van der Waals surface area contributed by atoms with Crippen LogP contribution in [-0.2, 0) is 12.4 Å². The Morgan fingerprint density at radius 3 is 1.38 bits per heavy atom. The van der Waals surface area contributed by atoms with Crippen molar-refractivity contribution >= 4 is 43.6 Å². The van der Waals surface area contributed by atoms with Crippen LogP contribution in [0.2, 0.25) is 0 Å². The number of aromatic nitrogens is 2. The fraction of sp³-hybridized carbons (Fsp3) is 0.0426. The maximum atomic E-state index is 14.7. The summed E-state index contributed by atoms with van der Waals surface area (Å²) in [6.07, 6.45) is -10.3. The molecule has 0 aliphatic heterocycles. The second-order valence-corrected chi connectivity index (χ2v) is 13.7. The molecule has 0 atom stereocenters. The molecule has 7 aromatic carbocycles. The first-order valence-corrected chi connectivity index (χ1v) is 17.7. The predicted octanol–water partition coefficient (Wildman–Crippen LogP) is 12.9. The highest BCUT2D eigenvalue weighted by molar-refractivity contribution is 6.12. The van der Waals surface area contributed by atoms with E-state index in [1.54, 1.807) is 54.6 Å². The van der Waals surface area contributed by atoms with Gasteiger partial charge in [-0.15, -0.1) is 0 Å². The zero-order valence-electron chi connectivity index (χ0n) is 29.8. The van der Waals surface area contributed by atoms with Crippen molar-refractivity contribution in [2.75, 3.05) is 0 Å². The van der Waals surface area contributed by atoms with E-state index in [-0.39, 0.29) is 16.7 Å². The lowest BCUT2D eigenvalue weighted by Gasteiger charge is -2.22. The molecule has 9 rings (SSSR count). The Bertz CT molecular complexity index is 3280. The molecule has 0 saturated carbocycles. The van der Waals surface area contributed by atoms with Crippen molar-refractivity contribution in [3.05, 3.63) is 167 Å². The van der Waals surface area contributed by atoms with Crippen LogP contribution in [0.1, 0.15) is 27.8 Å². The van der Waals surface area contributed by atoms with Crippen molar-refractivity contribution in [2.24, 2.45) is 0 Å². The molecule has 278 valence electrons. The van der Waals surface area contributed by atoms with Crippen LogP contribution in [0, 0.1) is 34.0 Å². The Morgan fingerprint density at radius 1 is 0.397 bits per heavy atom. The van der Waals surface area contributed by atoms with Gasteiger partial charge in [-0.25, -0.2) is 0 Å². The van der Waals surface area contributed by atoms with E-state index in [9.17, 15) is 42.1 Å². The maximum absolute atomic E-state index is 14.7. The van der Waals surface area contributed by atoms with Gasteiger partial charge in [-0.2, -0.15) is 42.1 Å².